The fourth-order valence-corrected chi connectivity index (χ4v) is 5.36. The molecule has 0 saturated carbocycles. The van der Waals surface area contributed by atoms with Crippen molar-refractivity contribution in [1.29, 1.82) is 5.26 Å². The van der Waals surface area contributed by atoms with E-state index in [0.29, 0.717) is 27.5 Å². The Bertz CT molecular complexity index is 1600. The maximum absolute atomic E-state index is 13.5. The van der Waals surface area contributed by atoms with Gasteiger partial charge in [-0.15, -0.1) is 4.99 Å². The second kappa shape index (κ2) is 16.6. The quantitative estimate of drug-likeness (QED) is 0.0765. The van der Waals surface area contributed by atoms with Gasteiger partial charge in [-0.25, -0.2) is 9.59 Å². The predicted molar refractivity (Wildman–Crippen MR) is 179 cm³/mol. The number of unbranched alkanes of at least 4 members (excludes halogenated alkanes) is 1. The lowest BCUT2D eigenvalue weighted by Gasteiger charge is -2.25. The molecular weight excluding hydrogens is 642 g/mol. The summed E-state index contributed by atoms with van der Waals surface area (Å²) in [6.07, 6.45) is 2.53. The van der Waals surface area contributed by atoms with E-state index in [4.69, 9.17) is 16.9 Å². The number of rotatable bonds is 13. The van der Waals surface area contributed by atoms with Crippen LogP contribution in [0.5, 0.6) is 0 Å². The van der Waals surface area contributed by atoms with Gasteiger partial charge in [0.15, 0.2) is 0 Å². The summed E-state index contributed by atoms with van der Waals surface area (Å²) in [7, 11) is 0. The SMILES string of the molecule is CC(=O)N1Cc2cc(NC(=NC#N)Nc3ccc(Cl)cc3)ccc2C1C(=O)NC(CCCCC(NC(=O)CC(C)(C)C)C(=O)O)C(=O)O. The van der Waals surface area contributed by atoms with Gasteiger partial charge in [0.25, 0.3) is 0 Å². The van der Waals surface area contributed by atoms with Crippen LogP contribution in [0, 0.1) is 16.9 Å². The van der Waals surface area contributed by atoms with Crippen LogP contribution in [-0.4, -0.2) is 62.8 Å². The van der Waals surface area contributed by atoms with E-state index < -0.39 is 41.9 Å². The van der Waals surface area contributed by atoms with E-state index in [1.54, 1.807) is 48.7 Å². The van der Waals surface area contributed by atoms with Gasteiger partial charge in [-0.3, -0.25) is 14.4 Å². The molecule has 3 unspecified atom stereocenters. The molecule has 2 aromatic rings. The van der Waals surface area contributed by atoms with E-state index in [2.05, 4.69) is 26.3 Å². The molecule has 0 aromatic heterocycles. The van der Waals surface area contributed by atoms with Crippen LogP contribution in [0.4, 0.5) is 11.4 Å². The van der Waals surface area contributed by atoms with Crippen molar-refractivity contribution >= 4 is 58.6 Å². The molecule has 6 N–H and O–H groups in total. The van der Waals surface area contributed by atoms with E-state index in [1.165, 1.54) is 11.8 Å². The average Bonchev–Trinajstić information content (AvgIpc) is 3.37. The van der Waals surface area contributed by atoms with Crippen molar-refractivity contribution in [3.63, 3.8) is 0 Å². The van der Waals surface area contributed by atoms with E-state index in [1.807, 2.05) is 20.8 Å². The molecule has 0 aliphatic carbocycles. The Hall–Kier alpha value is -5.16. The van der Waals surface area contributed by atoms with E-state index in [0.717, 1.165) is 0 Å². The zero-order chi connectivity index (χ0) is 35.6. The minimum atomic E-state index is -1.29. The maximum atomic E-state index is 13.5. The highest BCUT2D eigenvalue weighted by atomic mass is 35.5. The van der Waals surface area contributed by atoms with Crippen LogP contribution in [0.2, 0.25) is 5.02 Å². The van der Waals surface area contributed by atoms with Gasteiger partial charge in [-0.05, 0) is 65.8 Å². The van der Waals surface area contributed by atoms with Gasteiger partial charge in [-0.2, -0.15) is 5.26 Å². The Morgan fingerprint density at radius 3 is 2.06 bits per heavy atom. The number of halogens is 1. The van der Waals surface area contributed by atoms with Crippen LogP contribution in [0.25, 0.3) is 0 Å². The van der Waals surface area contributed by atoms with Crippen molar-refractivity contribution in [3.05, 3.63) is 58.6 Å². The molecular formula is C33H40ClN7O7. The number of benzene rings is 2. The lowest BCUT2D eigenvalue weighted by atomic mass is 9.91. The summed E-state index contributed by atoms with van der Waals surface area (Å²) in [5.41, 5.74) is 1.98. The first-order valence-corrected chi connectivity index (χ1v) is 15.7. The third kappa shape index (κ3) is 11.0. The molecule has 3 rings (SSSR count). The normalized spacial score (nSPS) is 15.4. The average molecular weight is 682 g/mol. The summed E-state index contributed by atoms with van der Waals surface area (Å²) in [5, 5.41) is 40.1. The molecule has 15 heteroatoms. The first-order valence-electron chi connectivity index (χ1n) is 15.3. The molecule has 2 aromatic carbocycles. The van der Waals surface area contributed by atoms with Crippen LogP contribution < -0.4 is 21.3 Å². The van der Waals surface area contributed by atoms with E-state index in [-0.39, 0.29) is 55.9 Å². The van der Waals surface area contributed by atoms with Crippen molar-refractivity contribution in [2.75, 3.05) is 10.6 Å². The molecule has 1 aliphatic heterocycles. The van der Waals surface area contributed by atoms with Crippen LogP contribution >= 0.6 is 11.6 Å². The zero-order valence-electron chi connectivity index (χ0n) is 27.2. The largest absolute Gasteiger partial charge is 0.480 e. The summed E-state index contributed by atoms with van der Waals surface area (Å²) in [6.45, 7) is 6.99. The number of aliphatic carboxylic acids is 2. The third-order valence-electron chi connectivity index (χ3n) is 7.45. The number of nitrogens with zero attached hydrogens (tertiary/aromatic N) is 3. The first-order chi connectivity index (χ1) is 22.6. The molecule has 1 aliphatic rings. The van der Waals surface area contributed by atoms with E-state index >= 15 is 0 Å². The number of carbonyl (C=O) groups is 5. The van der Waals surface area contributed by atoms with Gasteiger partial charge in [0.2, 0.25) is 29.9 Å². The Morgan fingerprint density at radius 2 is 1.52 bits per heavy atom. The molecule has 0 saturated heterocycles. The highest BCUT2D eigenvalue weighted by molar-refractivity contribution is 6.30. The van der Waals surface area contributed by atoms with Crippen LogP contribution in [0.15, 0.2) is 47.5 Å². The second-order valence-corrected chi connectivity index (χ2v) is 13.1. The number of hydrogen-bond donors (Lipinski definition) is 6. The molecule has 256 valence electrons. The lowest BCUT2D eigenvalue weighted by molar-refractivity contribution is -0.144. The second-order valence-electron chi connectivity index (χ2n) is 12.7. The highest BCUT2D eigenvalue weighted by Gasteiger charge is 2.38. The number of guanidine groups is 1. The highest BCUT2D eigenvalue weighted by Crippen LogP contribution is 2.36. The van der Waals surface area contributed by atoms with Crippen LogP contribution in [0.1, 0.15) is 77.0 Å². The van der Waals surface area contributed by atoms with Crippen LogP contribution in [0.3, 0.4) is 0 Å². The smallest absolute Gasteiger partial charge is 0.326 e. The minimum absolute atomic E-state index is 0.00742. The van der Waals surface area contributed by atoms with Gasteiger partial charge in [-0.1, -0.05) is 51.3 Å². The summed E-state index contributed by atoms with van der Waals surface area (Å²) < 4.78 is 0. The number of carbonyl (C=O) groups excluding carboxylic acids is 3. The predicted octanol–water partition coefficient (Wildman–Crippen LogP) is 4.24. The van der Waals surface area contributed by atoms with Crippen molar-refractivity contribution in [1.82, 2.24) is 15.5 Å². The number of fused-ring (bicyclic) bond motifs is 1. The van der Waals surface area contributed by atoms with Crippen molar-refractivity contribution in [2.24, 2.45) is 10.4 Å². The Labute approximate surface area is 283 Å². The van der Waals surface area contributed by atoms with Crippen LogP contribution in [-0.2, 0) is 30.5 Å². The fraction of sp³-hybridized carbons (Fsp3) is 0.424. The topological polar surface area (TPSA) is 213 Å². The number of nitriles is 1. The molecule has 14 nitrogen and oxygen atoms in total. The fourth-order valence-electron chi connectivity index (χ4n) is 5.24. The first kappa shape index (κ1) is 37.3. The monoisotopic (exact) mass is 681 g/mol. The summed E-state index contributed by atoms with van der Waals surface area (Å²) in [5.74, 6) is -3.79. The molecule has 1 heterocycles. The number of aliphatic imine (C=N–C) groups is 1. The number of carboxylic acid groups (broad SMARTS) is 2. The molecule has 3 atom stereocenters. The maximum Gasteiger partial charge on any atom is 0.326 e. The van der Waals surface area contributed by atoms with Gasteiger partial charge in [0.1, 0.15) is 18.1 Å². The van der Waals surface area contributed by atoms with Gasteiger partial charge in [0, 0.05) is 36.3 Å². The Kier molecular flexibility index (Phi) is 12.9. The summed E-state index contributed by atoms with van der Waals surface area (Å²) in [4.78, 5) is 67.1. The van der Waals surface area contributed by atoms with Gasteiger partial charge >= 0.3 is 11.9 Å². The number of hydrogen-bond acceptors (Lipinski definition) is 7. The third-order valence-corrected chi connectivity index (χ3v) is 7.70. The molecule has 0 bridgehead atoms. The number of nitrogens with one attached hydrogen (secondary N) is 4. The van der Waals surface area contributed by atoms with Gasteiger partial charge in [0.05, 0.1) is 0 Å². The summed E-state index contributed by atoms with van der Waals surface area (Å²) >= 11 is 5.94. The van der Waals surface area contributed by atoms with Crippen molar-refractivity contribution < 1.29 is 34.2 Å². The molecule has 3 amide bonds. The van der Waals surface area contributed by atoms with Crippen molar-refractivity contribution in [3.8, 4) is 6.19 Å². The summed E-state index contributed by atoms with van der Waals surface area (Å²) in [6, 6.07) is 8.27. The minimum Gasteiger partial charge on any atom is -0.480 e. The zero-order valence-corrected chi connectivity index (χ0v) is 27.9. The van der Waals surface area contributed by atoms with E-state index in [9.17, 15) is 34.2 Å². The molecule has 48 heavy (non-hydrogen) atoms. The van der Waals surface area contributed by atoms with Gasteiger partial charge < -0.3 is 36.4 Å². The number of amides is 3. The van der Waals surface area contributed by atoms with Crippen molar-refractivity contribution in [2.45, 2.75) is 84.5 Å². The Morgan fingerprint density at radius 1 is 0.958 bits per heavy atom. The molecule has 0 fully saturated rings. The molecule has 0 radical (unpaired) electrons. The number of anilines is 2. The number of carboxylic acids is 2. The lowest BCUT2D eigenvalue weighted by Crippen LogP contribution is -2.46. The molecule has 0 spiro atoms. The standard InChI is InChI=1S/C33H40ClN7O7/c1-19(42)41-17-20-15-23(38-32(36-18-35)37-22-11-9-21(34)10-12-22)13-14-24(20)28(41)29(44)40-26(31(47)48)8-6-5-7-25(30(45)46)39-27(43)16-33(2,3)4/h9-15,25-26,28H,5-8,16-17H2,1-4H3,(H,39,43)(H,40,44)(H,45,46)(H,47,48)(H2,36,37,38). The Balaban J connectivity index is 1.67.